The van der Waals surface area contributed by atoms with E-state index in [1.165, 1.54) is 21.7 Å². The number of hydrogen-bond donors (Lipinski definition) is 2. The predicted octanol–water partition coefficient (Wildman–Crippen LogP) is 3.61. The van der Waals surface area contributed by atoms with Crippen molar-refractivity contribution in [1.82, 2.24) is 5.32 Å². The van der Waals surface area contributed by atoms with E-state index in [0.717, 1.165) is 26.1 Å². The molecule has 0 fully saturated rings. The van der Waals surface area contributed by atoms with Crippen molar-refractivity contribution in [2.45, 2.75) is 25.8 Å². The Morgan fingerprint density at radius 1 is 1.32 bits per heavy atom. The molecule has 0 saturated heterocycles. The molecule has 100 valence electrons. The summed E-state index contributed by atoms with van der Waals surface area (Å²) < 4.78 is 0. The molecule has 0 spiro atoms. The standard InChI is InChI=1S/C16H20N2S/c1-2-12-7-8-19-16(12)11-17-9-13-10-18-15-6-4-3-5-14(13)15/h3-8,13,17-18H,2,9-11H2,1H3. The average Bonchev–Trinajstić information content (AvgIpc) is 3.06. The van der Waals surface area contributed by atoms with Gasteiger partial charge in [-0.3, -0.25) is 0 Å². The molecule has 3 heteroatoms. The number of rotatable bonds is 5. The number of hydrogen-bond acceptors (Lipinski definition) is 3. The Morgan fingerprint density at radius 2 is 2.21 bits per heavy atom. The highest BCUT2D eigenvalue weighted by Crippen LogP contribution is 2.30. The zero-order chi connectivity index (χ0) is 13.1. The SMILES string of the molecule is CCc1ccsc1CNCC1CNc2ccccc21. The minimum Gasteiger partial charge on any atom is -0.384 e. The van der Waals surface area contributed by atoms with Crippen molar-refractivity contribution in [2.24, 2.45) is 0 Å². The first-order chi connectivity index (χ1) is 9.38. The Morgan fingerprint density at radius 3 is 3.11 bits per heavy atom. The summed E-state index contributed by atoms with van der Waals surface area (Å²) in [6, 6.07) is 10.9. The Labute approximate surface area is 118 Å². The first kappa shape index (κ1) is 12.7. The van der Waals surface area contributed by atoms with E-state index in [1.54, 1.807) is 0 Å². The van der Waals surface area contributed by atoms with E-state index >= 15 is 0 Å². The van der Waals surface area contributed by atoms with Crippen LogP contribution in [-0.2, 0) is 13.0 Å². The Kier molecular flexibility index (Phi) is 3.85. The van der Waals surface area contributed by atoms with Crippen LogP contribution in [0.25, 0.3) is 0 Å². The van der Waals surface area contributed by atoms with E-state index in [9.17, 15) is 0 Å². The Bertz CT molecular complexity index is 547. The topological polar surface area (TPSA) is 24.1 Å². The fraction of sp³-hybridized carbons (Fsp3) is 0.375. The fourth-order valence-electron chi connectivity index (χ4n) is 2.74. The smallest absolute Gasteiger partial charge is 0.0376 e. The summed E-state index contributed by atoms with van der Waals surface area (Å²) in [5, 5.41) is 9.29. The van der Waals surface area contributed by atoms with Gasteiger partial charge in [-0.1, -0.05) is 25.1 Å². The number of fused-ring (bicyclic) bond motifs is 1. The van der Waals surface area contributed by atoms with Gasteiger partial charge in [-0.05, 0) is 35.1 Å². The Hall–Kier alpha value is -1.32. The lowest BCUT2D eigenvalue weighted by molar-refractivity contribution is 0.615. The van der Waals surface area contributed by atoms with Gasteiger partial charge in [-0.2, -0.15) is 0 Å². The third-order valence-corrected chi connectivity index (χ3v) is 4.80. The molecule has 2 nitrogen and oxygen atoms in total. The first-order valence-electron chi connectivity index (χ1n) is 6.97. The van der Waals surface area contributed by atoms with E-state index in [0.29, 0.717) is 5.92 Å². The number of aryl methyl sites for hydroxylation is 1. The molecule has 0 radical (unpaired) electrons. The fourth-order valence-corrected chi connectivity index (χ4v) is 3.68. The summed E-state index contributed by atoms with van der Waals surface area (Å²) in [6.45, 7) is 5.32. The highest BCUT2D eigenvalue weighted by molar-refractivity contribution is 7.10. The van der Waals surface area contributed by atoms with Gasteiger partial charge in [0.05, 0.1) is 0 Å². The van der Waals surface area contributed by atoms with Gasteiger partial charge in [0.15, 0.2) is 0 Å². The van der Waals surface area contributed by atoms with E-state index in [2.05, 4.69) is 53.3 Å². The molecule has 3 rings (SSSR count). The largest absolute Gasteiger partial charge is 0.384 e. The van der Waals surface area contributed by atoms with Crippen molar-refractivity contribution in [1.29, 1.82) is 0 Å². The molecule has 1 aliphatic rings. The van der Waals surface area contributed by atoms with E-state index in [1.807, 2.05) is 11.3 Å². The number of para-hydroxylation sites is 1. The lowest BCUT2D eigenvalue weighted by Gasteiger charge is -2.11. The van der Waals surface area contributed by atoms with Crippen LogP contribution < -0.4 is 10.6 Å². The van der Waals surface area contributed by atoms with Crippen molar-refractivity contribution in [2.75, 3.05) is 18.4 Å². The van der Waals surface area contributed by atoms with Crippen LogP contribution in [0.3, 0.4) is 0 Å². The molecule has 2 N–H and O–H groups in total. The minimum absolute atomic E-state index is 0.598. The van der Waals surface area contributed by atoms with E-state index in [4.69, 9.17) is 0 Å². The predicted molar refractivity (Wildman–Crippen MR) is 83.1 cm³/mol. The molecular formula is C16H20N2S. The van der Waals surface area contributed by atoms with Gasteiger partial charge in [0, 0.05) is 36.1 Å². The maximum absolute atomic E-state index is 3.62. The maximum Gasteiger partial charge on any atom is 0.0376 e. The van der Waals surface area contributed by atoms with Crippen molar-refractivity contribution in [3.05, 3.63) is 51.7 Å². The highest BCUT2D eigenvalue weighted by atomic mass is 32.1. The number of thiophene rings is 1. The summed E-state index contributed by atoms with van der Waals surface area (Å²) in [4.78, 5) is 1.49. The van der Waals surface area contributed by atoms with Gasteiger partial charge in [-0.25, -0.2) is 0 Å². The molecule has 19 heavy (non-hydrogen) atoms. The normalized spacial score (nSPS) is 17.2. The molecule has 1 unspecified atom stereocenters. The molecule has 0 amide bonds. The van der Waals surface area contributed by atoms with Crippen molar-refractivity contribution >= 4 is 17.0 Å². The van der Waals surface area contributed by atoms with Crippen LogP contribution >= 0.6 is 11.3 Å². The van der Waals surface area contributed by atoms with Gasteiger partial charge >= 0.3 is 0 Å². The molecule has 0 aliphatic carbocycles. The lowest BCUT2D eigenvalue weighted by atomic mass is 10.0. The number of nitrogens with one attached hydrogen (secondary N) is 2. The summed E-state index contributed by atoms with van der Waals surface area (Å²) >= 11 is 1.86. The number of anilines is 1. The molecule has 2 aromatic rings. The van der Waals surface area contributed by atoms with E-state index < -0.39 is 0 Å². The van der Waals surface area contributed by atoms with Crippen molar-refractivity contribution in [3.8, 4) is 0 Å². The van der Waals surface area contributed by atoms with Crippen LogP contribution in [0.1, 0.15) is 28.8 Å². The summed E-state index contributed by atoms with van der Waals surface area (Å²) in [6.07, 6.45) is 1.13. The molecule has 0 saturated carbocycles. The zero-order valence-electron chi connectivity index (χ0n) is 11.3. The van der Waals surface area contributed by atoms with Crippen LogP contribution in [0.2, 0.25) is 0 Å². The van der Waals surface area contributed by atoms with Gasteiger partial charge in [-0.15, -0.1) is 11.3 Å². The van der Waals surface area contributed by atoms with Crippen molar-refractivity contribution < 1.29 is 0 Å². The number of benzene rings is 1. The third-order valence-electron chi connectivity index (χ3n) is 3.83. The molecule has 1 aromatic heterocycles. The first-order valence-corrected chi connectivity index (χ1v) is 7.85. The van der Waals surface area contributed by atoms with Crippen LogP contribution in [0, 0.1) is 0 Å². The minimum atomic E-state index is 0.598. The Balaban J connectivity index is 1.57. The molecule has 0 bridgehead atoms. The second-order valence-corrected chi connectivity index (χ2v) is 6.02. The van der Waals surface area contributed by atoms with Crippen LogP contribution in [-0.4, -0.2) is 13.1 Å². The van der Waals surface area contributed by atoms with Gasteiger partial charge in [0.2, 0.25) is 0 Å². The van der Waals surface area contributed by atoms with E-state index in [-0.39, 0.29) is 0 Å². The monoisotopic (exact) mass is 272 g/mol. The molecule has 2 heterocycles. The van der Waals surface area contributed by atoms with Crippen molar-refractivity contribution in [3.63, 3.8) is 0 Å². The summed E-state index contributed by atoms with van der Waals surface area (Å²) in [7, 11) is 0. The van der Waals surface area contributed by atoms with Crippen LogP contribution in [0.5, 0.6) is 0 Å². The van der Waals surface area contributed by atoms with Gasteiger partial charge in [0.1, 0.15) is 0 Å². The molecular weight excluding hydrogens is 252 g/mol. The maximum atomic E-state index is 3.62. The van der Waals surface area contributed by atoms with Gasteiger partial charge in [0.25, 0.3) is 0 Å². The summed E-state index contributed by atoms with van der Waals surface area (Å²) in [5.41, 5.74) is 4.25. The quantitative estimate of drug-likeness (QED) is 0.869. The second-order valence-electron chi connectivity index (χ2n) is 5.02. The van der Waals surface area contributed by atoms with Gasteiger partial charge < -0.3 is 10.6 Å². The molecule has 1 aromatic carbocycles. The zero-order valence-corrected chi connectivity index (χ0v) is 12.1. The average molecular weight is 272 g/mol. The third kappa shape index (κ3) is 2.67. The molecule has 1 atom stereocenters. The van der Waals surface area contributed by atoms with Crippen LogP contribution in [0.15, 0.2) is 35.7 Å². The molecule has 1 aliphatic heterocycles. The highest BCUT2D eigenvalue weighted by Gasteiger charge is 2.20. The lowest BCUT2D eigenvalue weighted by Crippen LogP contribution is -2.22. The summed E-state index contributed by atoms with van der Waals surface area (Å²) in [5.74, 6) is 0.598. The second kappa shape index (κ2) is 5.76. The van der Waals surface area contributed by atoms with Crippen LogP contribution in [0.4, 0.5) is 5.69 Å².